The zero-order valence-corrected chi connectivity index (χ0v) is 14.6. The van der Waals surface area contributed by atoms with Gasteiger partial charge in [-0.2, -0.15) is 0 Å². The Bertz CT molecular complexity index is 781. The number of aliphatic hydroxyl groups is 1. The summed E-state index contributed by atoms with van der Waals surface area (Å²) in [5.74, 6) is 0.0655. The van der Waals surface area contributed by atoms with Crippen LogP contribution in [0.4, 0.5) is 0 Å². The van der Waals surface area contributed by atoms with Gasteiger partial charge in [-0.3, -0.25) is 4.79 Å². The average molecular weight is 362 g/mol. The Kier molecular flexibility index (Phi) is 4.21. The van der Waals surface area contributed by atoms with Crippen molar-refractivity contribution < 1.29 is 9.90 Å². The number of likely N-dealkylation sites (tertiary alicyclic amines) is 1. The first-order valence-corrected chi connectivity index (χ1v) is 8.99. The van der Waals surface area contributed by atoms with Crippen LogP contribution in [-0.2, 0) is 0 Å². The highest BCUT2D eigenvalue weighted by Crippen LogP contribution is 2.40. The SMILES string of the molecule is O=C(c1ccc(Cl)cc1-n1ncnn1)N1CC[C@]2(O)CCCC[C@@H]2C1. The molecule has 132 valence electrons. The van der Waals surface area contributed by atoms with Gasteiger partial charge >= 0.3 is 0 Å². The number of carbonyl (C=O) groups excluding carboxylic acids is 1. The van der Waals surface area contributed by atoms with Gasteiger partial charge in [0.05, 0.1) is 11.2 Å². The summed E-state index contributed by atoms with van der Waals surface area (Å²) in [7, 11) is 0. The van der Waals surface area contributed by atoms with Crippen LogP contribution < -0.4 is 0 Å². The number of aromatic nitrogens is 4. The monoisotopic (exact) mass is 361 g/mol. The highest BCUT2D eigenvalue weighted by molar-refractivity contribution is 6.31. The van der Waals surface area contributed by atoms with E-state index in [4.69, 9.17) is 11.6 Å². The van der Waals surface area contributed by atoms with Crippen molar-refractivity contribution in [2.24, 2.45) is 5.92 Å². The molecule has 2 atom stereocenters. The highest BCUT2D eigenvalue weighted by Gasteiger charge is 2.44. The number of fused-ring (bicyclic) bond motifs is 1. The molecule has 2 fully saturated rings. The Balaban J connectivity index is 1.62. The molecule has 4 rings (SSSR count). The van der Waals surface area contributed by atoms with Crippen LogP contribution in [0.15, 0.2) is 24.5 Å². The Morgan fingerprint density at radius 3 is 3.00 bits per heavy atom. The van der Waals surface area contributed by atoms with Crippen molar-refractivity contribution >= 4 is 17.5 Å². The van der Waals surface area contributed by atoms with Gasteiger partial charge in [0.2, 0.25) is 0 Å². The lowest BCUT2D eigenvalue weighted by molar-refractivity contribution is -0.0886. The lowest BCUT2D eigenvalue weighted by Crippen LogP contribution is -2.54. The number of nitrogens with zero attached hydrogens (tertiary/aromatic N) is 5. The number of carbonyl (C=O) groups is 1. The van der Waals surface area contributed by atoms with E-state index in [0.717, 1.165) is 25.7 Å². The van der Waals surface area contributed by atoms with E-state index in [9.17, 15) is 9.90 Å². The molecular formula is C17H20ClN5O2. The first kappa shape index (κ1) is 16.5. The number of benzene rings is 1. The summed E-state index contributed by atoms with van der Waals surface area (Å²) in [5.41, 5.74) is 0.397. The van der Waals surface area contributed by atoms with Gasteiger partial charge in [-0.05, 0) is 42.7 Å². The summed E-state index contributed by atoms with van der Waals surface area (Å²) >= 11 is 6.09. The van der Waals surface area contributed by atoms with Gasteiger partial charge in [0, 0.05) is 24.0 Å². The van der Waals surface area contributed by atoms with Crippen LogP contribution in [0, 0.1) is 5.92 Å². The van der Waals surface area contributed by atoms with Crippen LogP contribution in [0.5, 0.6) is 0 Å². The van der Waals surface area contributed by atoms with Crippen LogP contribution in [-0.4, -0.2) is 54.8 Å². The third-order valence-corrected chi connectivity index (χ3v) is 5.70. The van der Waals surface area contributed by atoms with Crippen molar-refractivity contribution in [3.05, 3.63) is 35.1 Å². The Morgan fingerprint density at radius 1 is 1.32 bits per heavy atom. The summed E-state index contributed by atoms with van der Waals surface area (Å²) in [5, 5.41) is 22.9. The van der Waals surface area contributed by atoms with E-state index in [0.29, 0.717) is 35.8 Å². The third-order valence-electron chi connectivity index (χ3n) is 5.47. The number of piperidine rings is 1. The lowest BCUT2D eigenvalue weighted by atomic mass is 9.71. The van der Waals surface area contributed by atoms with Crippen LogP contribution in [0.25, 0.3) is 5.69 Å². The van der Waals surface area contributed by atoms with Crippen molar-refractivity contribution in [3.63, 3.8) is 0 Å². The average Bonchev–Trinajstić information content (AvgIpc) is 3.15. The molecule has 1 saturated carbocycles. The van der Waals surface area contributed by atoms with Crippen LogP contribution in [0.1, 0.15) is 42.5 Å². The zero-order chi connectivity index (χ0) is 17.4. The predicted molar refractivity (Wildman–Crippen MR) is 91.6 cm³/mol. The Hall–Kier alpha value is -1.99. The molecule has 2 aliphatic rings. The lowest BCUT2D eigenvalue weighted by Gasteiger charge is -2.47. The van der Waals surface area contributed by atoms with Crippen molar-refractivity contribution in [2.75, 3.05) is 13.1 Å². The molecule has 1 amide bonds. The van der Waals surface area contributed by atoms with E-state index in [2.05, 4.69) is 15.4 Å². The minimum atomic E-state index is -0.606. The van der Waals surface area contributed by atoms with Gasteiger partial charge < -0.3 is 10.0 Å². The normalized spacial score (nSPS) is 26.3. The zero-order valence-electron chi connectivity index (χ0n) is 13.8. The fraction of sp³-hybridized carbons (Fsp3) is 0.529. The molecule has 2 heterocycles. The number of amides is 1. The molecule has 25 heavy (non-hydrogen) atoms. The second-order valence-electron chi connectivity index (χ2n) is 6.93. The molecule has 1 aliphatic heterocycles. The molecule has 7 nitrogen and oxygen atoms in total. The molecule has 0 unspecified atom stereocenters. The van der Waals surface area contributed by atoms with Crippen LogP contribution >= 0.6 is 11.6 Å². The summed E-state index contributed by atoms with van der Waals surface area (Å²) in [6.07, 6.45) is 5.95. The van der Waals surface area contributed by atoms with E-state index >= 15 is 0 Å². The predicted octanol–water partition coefficient (Wildman–Crippen LogP) is 2.08. The molecule has 2 aromatic rings. The van der Waals surface area contributed by atoms with E-state index in [1.54, 1.807) is 18.2 Å². The molecule has 0 radical (unpaired) electrons. The fourth-order valence-electron chi connectivity index (χ4n) is 4.05. The largest absolute Gasteiger partial charge is 0.389 e. The first-order chi connectivity index (χ1) is 12.1. The second kappa shape index (κ2) is 6.38. The van der Waals surface area contributed by atoms with Gasteiger partial charge in [0.15, 0.2) is 6.33 Å². The fourth-order valence-corrected chi connectivity index (χ4v) is 4.22. The Morgan fingerprint density at radius 2 is 2.20 bits per heavy atom. The van der Waals surface area contributed by atoms with E-state index in [1.165, 1.54) is 11.1 Å². The van der Waals surface area contributed by atoms with Gasteiger partial charge in [-0.1, -0.05) is 24.4 Å². The topological polar surface area (TPSA) is 84.1 Å². The maximum atomic E-state index is 13.1. The second-order valence-corrected chi connectivity index (χ2v) is 7.37. The molecule has 1 aromatic carbocycles. The summed E-state index contributed by atoms with van der Waals surface area (Å²) in [4.78, 5) is 16.3. The number of hydrogen-bond acceptors (Lipinski definition) is 5. The standard InChI is InChI=1S/C17H20ClN5O2/c18-13-4-5-14(15(9-13)23-20-11-19-21-23)16(24)22-8-7-17(25)6-2-1-3-12(17)10-22/h4-5,9,11-12,25H,1-3,6-8,10H2/t12-,17-/m1/s1. The van der Waals surface area contributed by atoms with Crippen LogP contribution in [0.2, 0.25) is 5.02 Å². The third kappa shape index (κ3) is 3.02. The number of hydrogen-bond donors (Lipinski definition) is 1. The molecule has 1 saturated heterocycles. The highest BCUT2D eigenvalue weighted by atomic mass is 35.5. The summed E-state index contributed by atoms with van der Waals surface area (Å²) < 4.78 is 0. The summed E-state index contributed by atoms with van der Waals surface area (Å²) in [6.45, 7) is 1.14. The minimum Gasteiger partial charge on any atom is -0.389 e. The summed E-state index contributed by atoms with van der Waals surface area (Å²) in [6, 6.07) is 5.05. The number of halogens is 1. The first-order valence-electron chi connectivity index (χ1n) is 8.61. The molecule has 1 aliphatic carbocycles. The van der Waals surface area contributed by atoms with Crippen molar-refractivity contribution in [1.82, 2.24) is 25.1 Å². The number of rotatable bonds is 2. The Labute approximate surface area is 150 Å². The van der Waals surface area contributed by atoms with E-state index in [1.807, 2.05) is 4.90 Å². The molecule has 0 bridgehead atoms. The maximum Gasteiger partial charge on any atom is 0.256 e. The number of tetrazole rings is 1. The van der Waals surface area contributed by atoms with E-state index in [-0.39, 0.29) is 11.8 Å². The van der Waals surface area contributed by atoms with Gasteiger partial charge in [0.1, 0.15) is 5.69 Å². The van der Waals surface area contributed by atoms with Gasteiger partial charge in [-0.25, -0.2) is 0 Å². The molecule has 1 aromatic heterocycles. The van der Waals surface area contributed by atoms with Gasteiger partial charge in [-0.15, -0.1) is 15.0 Å². The molecular weight excluding hydrogens is 342 g/mol. The smallest absolute Gasteiger partial charge is 0.256 e. The maximum absolute atomic E-state index is 13.1. The quantitative estimate of drug-likeness (QED) is 0.885. The minimum absolute atomic E-state index is 0.0865. The van der Waals surface area contributed by atoms with Gasteiger partial charge in [0.25, 0.3) is 5.91 Å². The molecule has 0 spiro atoms. The molecule has 1 N–H and O–H groups in total. The van der Waals surface area contributed by atoms with Crippen molar-refractivity contribution in [1.29, 1.82) is 0 Å². The van der Waals surface area contributed by atoms with E-state index < -0.39 is 5.60 Å². The van der Waals surface area contributed by atoms with Crippen molar-refractivity contribution in [3.8, 4) is 5.69 Å². The van der Waals surface area contributed by atoms with Crippen LogP contribution in [0.3, 0.4) is 0 Å². The van der Waals surface area contributed by atoms with Crippen molar-refractivity contribution in [2.45, 2.75) is 37.7 Å². The molecule has 8 heteroatoms.